The number of hydrogen-bond donors (Lipinski definition) is 0. The molecule has 0 spiro atoms. The van der Waals surface area contributed by atoms with Gasteiger partial charge < -0.3 is 4.74 Å². The van der Waals surface area contributed by atoms with Crippen LogP contribution in [-0.4, -0.2) is 23.3 Å². The first-order valence-electron chi connectivity index (χ1n) is 7.69. The van der Waals surface area contributed by atoms with Crippen LogP contribution in [-0.2, 0) is 5.92 Å². The van der Waals surface area contributed by atoms with Gasteiger partial charge in [0.2, 0.25) is 0 Å². The maximum atomic E-state index is 14.7. The van der Waals surface area contributed by atoms with Crippen molar-refractivity contribution in [2.45, 2.75) is 31.7 Å². The Morgan fingerprint density at radius 1 is 1.12 bits per heavy atom. The lowest BCUT2D eigenvalue weighted by Gasteiger charge is -2.37. The highest BCUT2D eigenvalue weighted by Crippen LogP contribution is 2.47. The van der Waals surface area contributed by atoms with E-state index in [2.05, 4.69) is 9.98 Å². The molecule has 138 valence electrons. The molecule has 2 aromatic rings. The molecular weight excluding hydrogens is 355 g/mol. The van der Waals surface area contributed by atoms with E-state index in [1.165, 1.54) is 33.1 Å². The van der Waals surface area contributed by atoms with Crippen molar-refractivity contribution in [2.24, 2.45) is 4.99 Å². The van der Waals surface area contributed by atoms with Gasteiger partial charge in [-0.2, -0.15) is 8.78 Å². The molecule has 0 saturated carbocycles. The molecule has 1 aliphatic rings. The van der Waals surface area contributed by atoms with E-state index < -0.39 is 35.0 Å². The first-order valence-corrected chi connectivity index (χ1v) is 7.69. The van der Waals surface area contributed by atoms with Gasteiger partial charge in [-0.3, -0.25) is 9.98 Å². The summed E-state index contributed by atoms with van der Waals surface area (Å²) >= 11 is 0. The number of hydrogen-bond acceptors (Lipinski definition) is 3. The predicted octanol–water partition coefficient (Wildman–Crippen LogP) is 4.89. The molecule has 0 atom stereocenters. The molecule has 26 heavy (non-hydrogen) atoms. The third kappa shape index (κ3) is 2.73. The summed E-state index contributed by atoms with van der Waals surface area (Å²) in [5.41, 5.74) is -2.58. The smallest absolute Gasteiger partial charge is 0.298 e. The molecular formula is C18H15F5N2O. The molecule has 0 aliphatic carbocycles. The number of rotatable bonds is 3. The Bertz CT molecular complexity index is 893. The van der Waals surface area contributed by atoms with Gasteiger partial charge in [-0.15, -0.1) is 0 Å². The van der Waals surface area contributed by atoms with Crippen LogP contribution in [0.5, 0.6) is 5.75 Å². The van der Waals surface area contributed by atoms with E-state index in [4.69, 9.17) is 4.74 Å². The zero-order valence-corrected chi connectivity index (χ0v) is 14.2. The first-order chi connectivity index (χ1) is 12.1. The molecule has 0 amide bonds. The van der Waals surface area contributed by atoms with Crippen LogP contribution in [0.25, 0.3) is 0 Å². The molecule has 3 nitrogen and oxygen atoms in total. The van der Waals surface area contributed by atoms with Crippen LogP contribution < -0.4 is 4.74 Å². The SMILES string of the molecule is COc1cc(C2=NC(C)(C)C(F)(F)c3cc(F)ccc32)cnc1C(F)F. The van der Waals surface area contributed by atoms with Crippen LogP contribution >= 0.6 is 0 Å². The fourth-order valence-electron chi connectivity index (χ4n) is 2.85. The number of halogens is 5. The first kappa shape index (κ1) is 18.3. The summed E-state index contributed by atoms with van der Waals surface area (Å²) in [4.78, 5) is 7.80. The second-order valence-corrected chi connectivity index (χ2v) is 6.40. The minimum atomic E-state index is -3.41. The molecule has 0 unspecified atom stereocenters. The normalized spacial score (nSPS) is 17.7. The fraction of sp³-hybridized carbons (Fsp3) is 0.333. The van der Waals surface area contributed by atoms with Gasteiger partial charge in [0.05, 0.1) is 12.8 Å². The quantitative estimate of drug-likeness (QED) is 0.721. The Labute approximate surface area is 146 Å². The lowest BCUT2D eigenvalue weighted by atomic mass is 9.81. The maximum absolute atomic E-state index is 14.7. The number of alkyl halides is 4. The highest BCUT2D eigenvalue weighted by atomic mass is 19.3. The van der Waals surface area contributed by atoms with Crippen molar-refractivity contribution in [2.75, 3.05) is 7.11 Å². The number of aromatic nitrogens is 1. The Hall–Kier alpha value is -2.51. The minimum Gasteiger partial charge on any atom is -0.495 e. The van der Waals surface area contributed by atoms with Crippen molar-refractivity contribution < 1.29 is 26.7 Å². The lowest BCUT2D eigenvalue weighted by molar-refractivity contribution is -0.0684. The Morgan fingerprint density at radius 3 is 2.42 bits per heavy atom. The van der Waals surface area contributed by atoms with Gasteiger partial charge in [0.15, 0.2) is 0 Å². The monoisotopic (exact) mass is 370 g/mol. The summed E-state index contributed by atoms with van der Waals surface area (Å²) in [6.45, 7) is 2.44. The van der Waals surface area contributed by atoms with Crippen LogP contribution in [0.1, 0.15) is 42.7 Å². The van der Waals surface area contributed by atoms with Crippen molar-refractivity contribution in [3.63, 3.8) is 0 Å². The third-order valence-electron chi connectivity index (χ3n) is 4.32. The van der Waals surface area contributed by atoms with Crippen LogP contribution in [0.15, 0.2) is 35.5 Å². The molecule has 1 aliphatic heterocycles. The predicted molar refractivity (Wildman–Crippen MR) is 85.8 cm³/mol. The zero-order chi connectivity index (χ0) is 19.3. The van der Waals surface area contributed by atoms with Gasteiger partial charge in [0, 0.05) is 22.9 Å². The highest BCUT2D eigenvalue weighted by molar-refractivity contribution is 6.14. The summed E-state index contributed by atoms with van der Waals surface area (Å²) in [6.07, 6.45) is -1.73. The average Bonchev–Trinajstić information content (AvgIpc) is 2.58. The van der Waals surface area contributed by atoms with E-state index in [0.717, 1.165) is 18.3 Å². The fourth-order valence-corrected chi connectivity index (χ4v) is 2.85. The molecule has 2 heterocycles. The van der Waals surface area contributed by atoms with Crippen LogP contribution in [0, 0.1) is 5.82 Å². The number of pyridine rings is 1. The lowest BCUT2D eigenvalue weighted by Crippen LogP contribution is -2.44. The standard InChI is InChI=1S/C18H15F5N2O/c1-17(2)18(22,23)12-7-10(19)4-5-11(12)14(25-17)9-6-13(26-3)15(16(20)21)24-8-9/h4-8,16H,1-3H3. The number of fused-ring (bicyclic) bond motifs is 1. The molecule has 1 aromatic carbocycles. The van der Waals surface area contributed by atoms with E-state index >= 15 is 0 Å². The zero-order valence-electron chi connectivity index (χ0n) is 14.2. The van der Waals surface area contributed by atoms with Crippen molar-refractivity contribution in [1.29, 1.82) is 0 Å². The minimum absolute atomic E-state index is 0.0179. The topological polar surface area (TPSA) is 34.5 Å². The largest absolute Gasteiger partial charge is 0.495 e. The van der Waals surface area contributed by atoms with Gasteiger partial charge >= 0.3 is 0 Å². The Morgan fingerprint density at radius 2 is 1.81 bits per heavy atom. The van der Waals surface area contributed by atoms with E-state index in [1.807, 2.05) is 0 Å². The van der Waals surface area contributed by atoms with E-state index in [9.17, 15) is 22.0 Å². The molecule has 0 radical (unpaired) electrons. The van der Waals surface area contributed by atoms with Gasteiger partial charge in [0.25, 0.3) is 12.3 Å². The molecule has 0 bridgehead atoms. The third-order valence-corrected chi connectivity index (χ3v) is 4.32. The van der Waals surface area contributed by atoms with Crippen LogP contribution in [0.4, 0.5) is 22.0 Å². The number of aliphatic imine (C=N–C) groups is 1. The van der Waals surface area contributed by atoms with Crippen LogP contribution in [0.3, 0.4) is 0 Å². The molecule has 0 N–H and O–H groups in total. The van der Waals surface area contributed by atoms with Gasteiger partial charge in [-0.05, 0) is 38.1 Å². The van der Waals surface area contributed by atoms with E-state index in [0.29, 0.717) is 0 Å². The summed E-state index contributed by atoms with van der Waals surface area (Å²) < 4.78 is 74.0. The summed E-state index contributed by atoms with van der Waals surface area (Å²) in [5, 5.41) is 0. The van der Waals surface area contributed by atoms with Crippen molar-refractivity contribution in [3.05, 3.63) is 58.7 Å². The number of benzene rings is 1. The van der Waals surface area contributed by atoms with Gasteiger partial charge in [-0.1, -0.05) is 0 Å². The highest BCUT2D eigenvalue weighted by Gasteiger charge is 2.53. The average molecular weight is 370 g/mol. The molecule has 0 saturated heterocycles. The second-order valence-electron chi connectivity index (χ2n) is 6.40. The molecule has 1 aromatic heterocycles. The number of methoxy groups -OCH3 is 1. The Kier molecular flexibility index (Phi) is 4.24. The summed E-state index contributed by atoms with van der Waals surface area (Å²) in [5.74, 6) is -4.39. The van der Waals surface area contributed by atoms with E-state index in [-0.39, 0.29) is 22.6 Å². The molecule has 3 rings (SSSR count). The second kappa shape index (κ2) is 6.03. The maximum Gasteiger partial charge on any atom is 0.298 e. The Balaban J connectivity index is 2.24. The molecule has 8 heteroatoms. The number of nitrogens with zero attached hydrogens (tertiary/aromatic N) is 2. The van der Waals surface area contributed by atoms with Crippen molar-refractivity contribution in [1.82, 2.24) is 4.98 Å². The summed E-state index contributed by atoms with van der Waals surface area (Å²) in [6, 6.07) is 4.27. The van der Waals surface area contributed by atoms with Crippen LogP contribution in [0.2, 0.25) is 0 Å². The number of ether oxygens (including phenoxy) is 1. The van der Waals surface area contributed by atoms with E-state index in [1.54, 1.807) is 0 Å². The summed E-state index contributed by atoms with van der Waals surface area (Å²) in [7, 11) is 1.21. The molecule has 0 fully saturated rings. The van der Waals surface area contributed by atoms with Gasteiger partial charge in [0.1, 0.15) is 22.8 Å². The van der Waals surface area contributed by atoms with Crippen molar-refractivity contribution >= 4 is 5.71 Å². The van der Waals surface area contributed by atoms with Gasteiger partial charge in [-0.25, -0.2) is 13.2 Å². The van der Waals surface area contributed by atoms with Crippen molar-refractivity contribution in [3.8, 4) is 5.75 Å².